The monoisotopic (exact) mass is 354 g/mol. The van der Waals surface area contributed by atoms with Crippen molar-refractivity contribution in [3.8, 4) is 0 Å². The van der Waals surface area contributed by atoms with E-state index in [9.17, 15) is 4.79 Å². The van der Waals surface area contributed by atoms with Gasteiger partial charge in [-0.3, -0.25) is 4.90 Å². The Hall–Kier alpha value is -0.0000000000000000555. The molecule has 2 aliphatic heterocycles. The Balaban J connectivity index is 0.00000180. The van der Waals surface area contributed by atoms with Crippen LogP contribution in [0, 0.1) is 0 Å². The van der Waals surface area contributed by atoms with Crippen LogP contribution in [0.25, 0.3) is 0 Å². The molecule has 112 valence electrons. The fourth-order valence-electron chi connectivity index (χ4n) is 2.39. The number of rotatable bonds is 1. The summed E-state index contributed by atoms with van der Waals surface area (Å²) in [7, 11) is 0. The molecule has 4 nitrogen and oxygen atoms in total. The van der Waals surface area contributed by atoms with Crippen molar-refractivity contribution in [1.82, 2.24) is 9.80 Å². The third-order valence-corrected chi connectivity index (χ3v) is 4.41. The van der Waals surface area contributed by atoms with Crippen LogP contribution in [0.15, 0.2) is 0 Å². The quantitative estimate of drug-likeness (QED) is 0.678. The van der Waals surface area contributed by atoms with E-state index in [1.165, 1.54) is 12.8 Å². The number of hydrogen-bond donors (Lipinski definition) is 0. The van der Waals surface area contributed by atoms with E-state index in [4.69, 9.17) is 4.74 Å². The molecule has 0 spiro atoms. The largest absolute Gasteiger partial charge is 0.444 e. The fraction of sp³-hybridized carbons (Fsp3) is 0.923. The van der Waals surface area contributed by atoms with Gasteiger partial charge in [-0.1, -0.05) is 15.9 Å². The van der Waals surface area contributed by atoms with E-state index in [0.29, 0.717) is 10.9 Å². The van der Waals surface area contributed by atoms with Gasteiger partial charge in [0.1, 0.15) is 5.60 Å². The van der Waals surface area contributed by atoms with E-state index in [1.54, 1.807) is 4.90 Å². The summed E-state index contributed by atoms with van der Waals surface area (Å²) in [4.78, 5) is 16.8. The summed E-state index contributed by atoms with van der Waals surface area (Å²) in [5, 5.41) is 0. The molecule has 0 atom stereocenters. The topological polar surface area (TPSA) is 32.8 Å². The number of hydrogen-bond acceptors (Lipinski definition) is 3. The van der Waals surface area contributed by atoms with Gasteiger partial charge < -0.3 is 9.64 Å². The SMILES string of the molecule is CC(C)(C)OC(=O)N1CC(N2CCC(Br)CC2)C1.Cl. The standard InChI is InChI=1S/C13H23BrN2O2.ClH/c1-13(2,3)18-12(17)16-8-11(9-16)15-6-4-10(14)5-7-15;/h10-11H,4-9H2,1-3H3;1H. The first kappa shape index (κ1) is 17.1. The third kappa shape index (κ3) is 4.80. The van der Waals surface area contributed by atoms with E-state index < -0.39 is 5.60 Å². The van der Waals surface area contributed by atoms with E-state index >= 15 is 0 Å². The average molecular weight is 356 g/mol. The molecule has 2 saturated heterocycles. The number of carbonyl (C=O) groups is 1. The van der Waals surface area contributed by atoms with Crippen LogP contribution in [-0.4, -0.2) is 58.5 Å². The Morgan fingerprint density at radius 3 is 2.21 bits per heavy atom. The van der Waals surface area contributed by atoms with Gasteiger partial charge in [-0.25, -0.2) is 4.79 Å². The maximum atomic E-state index is 11.8. The lowest BCUT2D eigenvalue weighted by Gasteiger charge is -2.47. The predicted octanol–water partition coefficient (Wildman–Crippen LogP) is 2.89. The second kappa shape index (κ2) is 6.64. The molecule has 0 unspecified atom stereocenters. The molecule has 2 fully saturated rings. The van der Waals surface area contributed by atoms with E-state index in [2.05, 4.69) is 20.8 Å². The summed E-state index contributed by atoms with van der Waals surface area (Å²) in [5.74, 6) is 0. The summed E-state index contributed by atoms with van der Waals surface area (Å²) in [6.07, 6.45) is 2.25. The number of carbonyl (C=O) groups excluding carboxylic acids is 1. The Bertz CT molecular complexity index is 308. The third-order valence-electron chi connectivity index (χ3n) is 3.49. The highest BCUT2D eigenvalue weighted by molar-refractivity contribution is 9.09. The molecule has 6 heteroatoms. The van der Waals surface area contributed by atoms with Gasteiger partial charge in [-0.15, -0.1) is 12.4 Å². The lowest BCUT2D eigenvalue weighted by molar-refractivity contribution is -0.0182. The van der Waals surface area contributed by atoms with Gasteiger partial charge in [0.05, 0.1) is 0 Å². The van der Waals surface area contributed by atoms with Crippen molar-refractivity contribution in [1.29, 1.82) is 0 Å². The van der Waals surface area contributed by atoms with E-state index in [0.717, 1.165) is 26.2 Å². The molecular weight excluding hydrogens is 332 g/mol. The summed E-state index contributed by atoms with van der Waals surface area (Å²) in [6.45, 7) is 9.64. The van der Waals surface area contributed by atoms with Crippen LogP contribution in [0.4, 0.5) is 4.79 Å². The van der Waals surface area contributed by atoms with Gasteiger partial charge in [0.2, 0.25) is 0 Å². The zero-order chi connectivity index (χ0) is 13.3. The predicted molar refractivity (Wildman–Crippen MR) is 82.4 cm³/mol. The van der Waals surface area contributed by atoms with Crippen LogP contribution < -0.4 is 0 Å². The second-order valence-corrected chi connectivity index (χ2v) is 7.54. The fourth-order valence-corrected chi connectivity index (χ4v) is 2.80. The van der Waals surface area contributed by atoms with Gasteiger partial charge in [0.25, 0.3) is 0 Å². The first-order valence-electron chi connectivity index (χ1n) is 6.71. The number of likely N-dealkylation sites (tertiary alicyclic amines) is 2. The normalized spacial score (nSPS) is 22.6. The van der Waals surface area contributed by atoms with E-state index in [1.807, 2.05) is 20.8 Å². The van der Waals surface area contributed by atoms with Gasteiger partial charge in [-0.2, -0.15) is 0 Å². The Morgan fingerprint density at radius 1 is 1.21 bits per heavy atom. The Labute approximate surface area is 130 Å². The highest BCUT2D eigenvalue weighted by Crippen LogP contribution is 2.24. The van der Waals surface area contributed by atoms with Crippen molar-refractivity contribution in [3.63, 3.8) is 0 Å². The summed E-state index contributed by atoms with van der Waals surface area (Å²) >= 11 is 3.66. The molecule has 2 aliphatic rings. The summed E-state index contributed by atoms with van der Waals surface area (Å²) < 4.78 is 5.36. The van der Waals surface area contributed by atoms with Crippen LogP contribution in [0.3, 0.4) is 0 Å². The number of alkyl halides is 1. The van der Waals surface area contributed by atoms with Crippen molar-refractivity contribution in [3.05, 3.63) is 0 Å². The van der Waals surface area contributed by atoms with Crippen LogP contribution in [0.1, 0.15) is 33.6 Å². The minimum atomic E-state index is -0.392. The van der Waals surface area contributed by atoms with Crippen LogP contribution in [0.2, 0.25) is 0 Å². The van der Waals surface area contributed by atoms with Crippen LogP contribution in [-0.2, 0) is 4.74 Å². The summed E-state index contributed by atoms with van der Waals surface area (Å²) in [5.41, 5.74) is -0.392. The van der Waals surface area contributed by atoms with Crippen molar-refractivity contribution in [2.45, 2.75) is 50.1 Å². The minimum Gasteiger partial charge on any atom is -0.444 e. The lowest BCUT2D eigenvalue weighted by Crippen LogP contribution is -2.62. The second-order valence-electron chi connectivity index (χ2n) is 6.25. The van der Waals surface area contributed by atoms with Crippen molar-refractivity contribution in [2.75, 3.05) is 26.2 Å². The number of piperidine rings is 1. The van der Waals surface area contributed by atoms with Crippen molar-refractivity contribution < 1.29 is 9.53 Å². The van der Waals surface area contributed by atoms with Gasteiger partial charge in [0.15, 0.2) is 0 Å². The smallest absolute Gasteiger partial charge is 0.410 e. The highest BCUT2D eigenvalue weighted by atomic mass is 79.9. The molecule has 0 aliphatic carbocycles. The molecule has 0 aromatic heterocycles. The molecule has 2 heterocycles. The molecule has 1 amide bonds. The number of nitrogens with zero attached hydrogens (tertiary/aromatic N) is 2. The first-order valence-corrected chi connectivity index (χ1v) is 7.63. The number of amides is 1. The molecule has 0 saturated carbocycles. The van der Waals surface area contributed by atoms with Gasteiger partial charge in [0, 0.05) is 24.0 Å². The molecule has 0 N–H and O–H groups in total. The zero-order valence-electron chi connectivity index (χ0n) is 11.9. The maximum Gasteiger partial charge on any atom is 0.410 e. The van der Waals surface area contributed by atoms with Gasteiger partial charge >= 0.3 is 6.09 Å². The average Bonchev–Trinajstić information content (AvgIpc) is 2.15. The minimum absolute atomic E-state index is 0. The molecule has 0 radical (unpaired) electrons. The number of ether oxygens (including phenoxy) is 1. The van der Waals surface area contributed by atoms with Crippen LogP contribution in [0.5, 0.6) is 0 Å². The van der Waals surface area contributed by atoms with Gasteiger partial charge in [-0.05, 0) is 46.7 Å². The first-order chi connectivity index (χ1) is 8.35. The molecular formula is C13H24BrClN2O2. The molecule has 19 heavy (non-hydrogen) atoms. The molecule has 2 rings (SSSR count). The zero-order valence-corrected chi connectivity index (χ0v) is 14.3. The molecule has 0 aromatic rings. The molecule has 0 aromatic carbocycles. The lowest BCUT2D eigenvalue weighted by atomic mass is 10.0. The maximum absolute atomic E-state index is 11.8. The van der Waals surface area contributed by atoms with Crippen LogP contribution >= 0.6 is 28.3 Å². The van der Waals surface area contributed by atoms with Crippen molar-refractivity contribution >= 4 is 34.4 Å². The Kier molecular flexibility index (Phi) is 5.96. The van der Waals surface area contributed by atoms with Crippen molar-refractivity contribution in [2.24, 2.45) is 0 Å². The highest BCUT2D eigenvalue weighted by Gasteiger charge is 2.37. The van der Waals surface area contributed by atoms with E-state index in [-0.39, 0.29) is 18.5 Å². The number of halogens is 2. The molecule has 0 bridgehead atoms. The summed E-state index contributed by atoms with van der Waals surface area (Å²) in [6, 6.07) is 0.539. The Morgan fingerprint density at radius 2 is 1.74 bits per heavy atom.